The Balaban J connectivity index is 1.30. The lowest BCUT2D eigenvalue weighted by atomic mass is 10.1. The molecule has 0 saturated heterocycles. The number of pyridine rings is 1. The molecule has 0 fully saturated rings. The smallest absolute Gasteiger partial charge is 0.251 e. The van der Waals surface area contributed by atoms with Crippen molar-refractivity contribution in [3.05, 3.63) is 95.3 Å². The molecule has 0 unspecified atom stereocenters. The Morgan fingerprint density at radius 1 is 1.03 bits per heavy atom. The highest BCUT2D eigenvalue weighted by Gasteiger charge is 2.11. The lowest BCUT2D eigenvalue weighted by Gasteiger charge is -2.07. The molecule has 6 nitrogen and oxygen atoms in total. The fourth-order valence-corrected chi connectivity index (χ4v) is 3.16. The predicted octanol–water partition coefficient (Wildman–Crippen LogP) is 3.60. The van der Waals surface area contributed by atoms with Gasteiger partial charge < -0.3 is 15.4 Å². The van der Waals surface area contributed by atoms with Crippen LogP contribution in [-0.2, 0) is 17.8 Å². The van der Waals surface area contributed by atoms with Gasteiger partial charge in [-0.15, -0.1) is 0 Å². The van der Waals surface area contributed by atoms with Crippen molar-refractivity contribution in [2.45, 2.75) is 13.0 Å². The minimum absolute atomic E-state index is 0.176. The Morgan fingerprint density at radius 3 is 2.63 bits per heavy atom. The van der Waals surface area contributed by atoms with Gasteiger partial charge in [-0.3, -0.25) is 14.6 Å². The molecular formula is C24H21N3O3. The van der Waals surface area contributed by atoms with Crippen molar-refractivity contribution < 1.29 is 14.3 Å². The molecule has 0 spiro atoms. The number of nitrogens with one attached hydrogen (secondary N) is 2. The van der Waals surface area contributed by atoms with E-state index < -0.39 is 0 Å². The first-order chi connectivity index (χ1) is 14.7. The first-order valence-corrected chi connectivity index (χ1v) is 9.69. The molecule has 3 aromatic rings. The van der Waals surface area contributed by atoms with Crippen molar-refractivity contribution in [2.24, 2.45) is 0 Å². The number of hydrogen-bond acceptors (Lipinski definition) is 4. The molecule has 6 heteroatoms. The average Bonchev–Trinajstić information content (AvgIpc) is 3.25. The molecule has 30 heavy (non-hydrogen) atoms. The molecule has 0 radical (unpaired) electrons. The molecule has 2 N–H and O–H groups in total. The van der Waals surface area contributed by atoms with Crippen molar-refractivity contribution in [3.8, 4) is 5.75 Å². The Hall–Kier alpha value is -3.93. The molecule has 2 aromatic carbocycles. The number of aromatic nitrogens is 1. The van der Waals surface area contributed by atoms with Gasteiger partial charge in [0.15, 0.2) is 0 Å². The summed E-state index contributed by atoms with van der Waals surface area (Å²) in [7, 11) is 0. The monoisotopic (exact) mass is 399 g/mol. The number of amides is 2. The summed E-state index contributed by atoms with van der Waals surface area (Å²) in [5.74, 6) is 0.508. The Bertz CT molecular complexity index is 1080. The highest BCUT2D eigenvalue weighted by Crippen LogP contribution is 2.26. The largest absolute Gasteiger partial charge is 0.493 e. The van der Waals surface area contributed by atoms with E-state index in [9.17, 15) is 9.59 Å². The van der Waals surface area contributed by atoms with Crippen molar-refractivity contribution in [2.75, 3.05) is 11.9 Å². The second-order valence-electron chi connectivity index (χ2n) is 6.90. The van der Waals surface area contributed by atoms with E-state index in [1.807, 2.05) is 30.3 Å². The van der Waals surface area contributed by atoms with E-state index in [1.54, 1.807) is 42.7 Å². The van der Waals surface area contributed by atoms with Crippen LogP contribution in [0.25, 0.3) is 6.08 Å². The molecule has 1 aromatic heterocycles. The summed E-state index contributed by atoms with van der Waals surface area (Å²) in [4.78, 5) is 28.4. The van der Waals surface area contributed by atoms with Crippen LogP contribution in [0.1, 0.15) is 27.0 Å². The lowest BCUT2D eigenvalue weighted by Crippen LogP contribution is -2.22. The molecule has 0 aliphatic carbocycles. The first-order valence-electron chi connectivity index (χ1n) is 9.69. The highest BCUT2D eigenvalue weighted by atomic mass is 16.5. The SMILES string of the molecule is O=C(/C=C/c1ccc2c(c1)CCO2)Nc1ccc(C(=O)NCc2ccncc2)cc1. The molecule has 0 bridgehead atoms. The summed E-state index contributed by atoms with van der Waals surface area (Å²) >= 11 is 0. The van der Waals surface area contributed by atoms with Gasteiger partial charge in [0.05, 0.1) is 6.61 Å². The number of fused-ring (bicyclic) bond motifs is 1. The van der Waals surface area contributed by atoms with Gasteiger partial charge in [0.1, 0.15) is 5.75 Å². The van der Waals surface area contributed by atoms with Gasteiger partial charge >= 0.3 is 0 Å². The van der Waals surface area contributed by atoms with E-state index >= 15 is 0 Å². The molecule has 0 atom stereocenters. The van der Waals surface area contributed by atoms with E-state index in [1.165, 1.54) is 6.08 Å². The number of nitrogens with zero attached hydrogens (tertiary/aromatic N) is 1. The number of rotatable bonds is 6. The molecule has 1 aliphatic rings. The Morgan fingerprint density at radius 2 is 1.83 bits per heavy atom. The Kier molecular flexibility index (Phi) is 5.85. The van der Waals surface area contributed by atoms with Gasteiger partial charge in [0, 0.05) is 42.7 Å². The third kappa shape index (κ3) is 4.91. The van der Waals surface area contributed by atoms with Crippen LogP contribution in [0.3, 0.4) is 0 Å². The number of hydrogen-bond donors (Lipinski definition) is 2. The zero-order valence-corrected chi connectivity index (χ0v) is 16.3. The fourth-order valence-electron chi connectivity index (χ4n) is 3.16. The second-order valence-corrected chi connectivity index (χ2v) is 6.90. The standard InChI is InChI=1S/C24H21N3O3/c28-23(8-2-17-1-7-22-20(15-17)11-14-30-22)27-21-5-3-19(4-6-21)24(29)26-16-18-9-12-25-13-10-18/h1-10,12-13,15H,11,14,16H2,(H,26,29)(H,27,28)/b8-2+. The lowest BCUT2D eigenvalue weighted by molar-refractivity contribution is -0.111. The number of ether oxygens (including phenoxy) is 1. The van der Waals surface area contributed by atoms with E-state index in [-0.39, 0.29) is 11.8 Å². The summed E-state index contributed by atoms with van der Waals surface area (Å²) < 4.78 is 5.49. The van der Waals surface area contributed by atoms with Crippen LogP contribution in [0.5, 0.6) is 5.75 Å². The summed E-state index contributed by atoms with van der Waals surface area (Å²) in [6, 6.07) is 16.4. The van der Waals surface area contributed by atoms with E-state index in [4.69, 9.17) is 4.74 Å². The normalized spacial score (nSPS) is 12.3. The topological polar surface area (TPSA) is 80.3 Å². The predicted molar refractivity (Wildman–Crippen MR) is 115 cm³/mol. The third-order valence-corrected chi connectivity index (χ3v) is 4.76. The highest BCUT2D eigenvalue weighted by molar-refractivity contribution is 6.02. The zero-order chi connectivity index (χ0) is 20.8. The van der Waals surface area contributed by atoms with Gasteiger partial charge in [0.25, 0.3) is 5.91 Å². The van der Waals surface area contributed by atoms with Gasteiger partial charge in [0.2, 0.25) is 5.91 Å². The van der Waals surface area contributed by atoms with Gasteiger partial charge in [-0.2, -0.15) is 0 Å². The van der Waals surface area contributed by atoms with Crippen molar-refractivity contribution >= 4 is 23.6 Å². The maximum Gasteiger partial charge on any atom is 0.251 e. The molecule has 0 saturated carbocycles. The maximum atomic E-state index is 12.3. The van der Waals surface area contributed by atoms with E-state index in [0.29, 0.717) is 24.4 Å². The molecule has 2 heterocycles. The van der Waals surface area contributed by atoms with Crippen LogP contribution >= 0.6 is 0 Å². The minimum atomic E-state index is -0.235. The second kappa shape index (κ2) is 9.05. The summed E-state index contributed by atoms with van der Waals surface area (Å²) in [6.45, 7) is 1.14. The van der Waals surface area contributed by atoms with Gasteiger partial charge in [-0.1, -0.05) is 6.07 Å². The number of carbonyl (C=O) groups excluding carboxylic acids is 2. The van der Waals surface area contributed by atoms with Crippen LogP contribution in [-0.4, -0.2) is 23.4 Å². The molecule has 1 aliphatic heterocycles. The van der Waals surface area contributed by atoms with E-state index in [2.05, 4.69) is 15.6 Å². The van der Waals surface area contributed by atoms with E-state index in [0.717, 1.165) is 28.9 Å². The summed E-state index contributed by atoms with van der Waals surface area (Å²) in [5.41, 5.74) is 4.24. The fraction of sp³-hybridized carbons (Fsp3) is 0.125. The summed E-state index contributed by atoms with van der Waals surface area (Å²) in [5, 5.41) is 5.66. The van der Waals surface area contributed by atoms with Crippen molar-refractivity contribution in [1.82, 2.24) is 10.3 Å². The number of carbonyl (C=O) groups is 2. The molecular weight excluding hydrogens is 378 g/mol. The van der Waals surface area contributed by atoms with Crippen molar-refractivity contribution in [3.63, 3.8) is 0 Å². The van der Waals surface area contributed by atoms with Crippen LogP contribution < -0.4 is 15.4 Å². The Labute approximate surface area is 174 Å². The molecule has 150 valence electrons. The van der Waals surface area contributed by atoms with Gasteiger partial charge in [-0.25, -0.2) is 0 Å². The van der Waals surface area contributed by atoms with Crippen LogP contribution in [0.2, 0.25) is 0 Å². The number of benzene rings is 2. The van der Waals surface area contributed by atoms with Crippen LogP contribution in [0, 0.1) is 0 Å². The van der Waals surface area contributed by atoms with Gasteiger partial charge in [-0.05, 0) is 71.3 Å². The maximum absolute atomic E-state index is 12.3. The van der Waals surface area contributed by atoms with Crippen LogP contribution in [0.15, 0.2) is 73.1 Å². The zero-order valence-electron chi connectivity index (χ0n) is 16.3. The number of anilines is 1. The third-order valence-electron chi connectivity index (χ3n) is 4.76. The quantitative estimate of drug-likeness (QED) is 0.621. The minimum Gasteiger partial charge on any atom is -0.493 e. The van der Waals surface area contributed by atoms with Crippen LogP contribution in [0.4, 0.5) is 5.69 Å². The average molecular weight is 399 g/mol. The molecule has 2 amide bonds. The van der Waals surface area contributed by atoms with Crippen molar-refractivity contribution in [1.29, 1.82) is 0 Å². The first kappa shape index (κ1) is 19.4. The summed E-state index contributed by atoms with van der Waals surface area (Å²) in [6.07, 6.45) is 7.53. The molecule has 4 rings (SSSR count).